The minimum absolute atomic E-state index is 0.0899. The molecular weight excluding hydrogens is 238 g/mol. The van der Waals surface area contributed by atoms with Gasteiger partial charge in [-0.3, -0.25) is 10.1 Å². The van der Waals surface area contributed by atoms with Gasteiger partial charge in [0.25, 0.3) is 5.69 Å². The van der Waals surface area contributed by atoms with Gasteiger partial charge in [0, 0.05) is 0 Å². The number of aliphatic hydroxyl groups excluding tert-OH is 1. The van der Waals surface area contributed by atoms with Crippen LogP contribution < -0.4 is 16.6 Å². The molecule has 8 nitrogen and oxygen atoms in total. The largest absolute Gasteiger partial charge is 0.394 e. The predicted molar refractivity (Wildman–Crippen MR) is 68.0 cm³/mol. The number of rotatable bonds is 6. The van der Waals surface area contributed by atoms with Gasteiger partial charge in [-0.15, -0.1) is 0 Å². The second-order valence-electron chi connectivity index (χ2n) is 4.17. The number of aliphatic hydroxyl groups is 1. The van der Waals surface area contributed by atoms with E-state index in [0.29, 0.717) is 5.82 Å². The van der Waals surface area contributed by atoms with Crippen LogP contribution in [0.1, 0.15) is 13.8 Å². The Kier molecular flexibility index (Phi) is 4.81. The van der Waals surface area contributed by atoms with E-state index in [1.54, 1.807) is 0 Å². The molecule has 0 saturated carbocycles. The summed E-state index contributed by atoms with van der Waals surface area (Å²) in [6, 6.07) is 2.30. The first-order valence-electron chi connectivity index (χ1n) is 5.48. The number of nitrogen functional groups attached to an aromatic ring is 1. The highest BCUT2D eigenvalue weighted by atomic mass is 16.6. The SMILES string of the molecule is CC(C)C(CO)Nc1cc([N+](=O)[O-])cc(NN)n1. The number of nitrogens with two attached hydrogens (primary N) is 1. The Bertz CT molecular complexity index is 424. The zero-order valence-electron chi connectivity index (χ0n) is 10.3. The summed E-state index contributed by atoms with van der Waals surface area (Å²) in [5.41, 5.74) is 2.14. The Morgan fingerprint density at radius 1 is 1.50 bits per heavy atom. The van der Waals surface area contributed by atoms with Crippen LogP contribution in [0.25, 0.3) is 0 Å². The van der Waals surface area contributed by atoms with Crippen LogP contribution >= 0.6 is 0 Å². The van der Waals surface area contributed by atoms with Gasteiger partial charge in [-0.05, 0) is 5.92 Å². The third-order valence-corrected chi connectivity index (χ3v) is 2.50. The average molecular weight is 255 g/mol. The van der Waals surface area contributed by atoms with Gasteiger partial charge in [0.2, 0.25) is 0 Å². The Morgan fingerprint density at radius 3 is 2.56 bits per heavy atom. The van der Waals surface area contributed by atoms with Crippen molar-refractivity contribution in [1.82, 2.24) is 4.98 Å². The molecule has 0 aliphatic heterocycles. The van der Waals surface area contributed by atoms with Crippen molar-refractivity contribution in [3.05, 3.63) is 22.2 Å². The van der Waals surface area contributed by atoms with Crippen molar-refractivity contribution < 1.29 is 10.0 Å². The van der Waals surface area contributed by atoms with Gasteiger partial charge >= 0.3 is 0 Å². The molecule has 100 valence electrons. The van der Waals surface area contributed by atoms with E-state index in [4.69, 9.17) is 5.84 Å². The Balaban J connectivity index is 3.00. The van der Waals surface area contributed by atoms with Crippen molar-refractivity contribution in [1.29, 1.82) is 0 Å². The van der Waals surface area contributed by atoms with Gasteiger partial charge in [0.15, 0.2) is 0 Å². The molecule has 1 heterocycles. The summed E-state index contributed by atoms with van der Waals surface area (Å²) in [4.78, 5) is 14.3. The molecular formula is C10H17N5O3. The van der Waals surface area contributed by atoms with Crippen molar-refractivity contribution in [2.45, 2.75) is 19.9 Å². The van der Waals surface area contributed by atoms with E-state index in [1.807, 2.05) is 13.8 Å². The number of hydrazine groups is 1. The van der Waals surface area contributed by atoms with E-state index >= 15 is 0 Å². The molecule has 0 spiro atoms. The minimum atomic E-state index is -0.531. The van der Waals surface area contributed by atoms with E-state index in [9.17, 15) is 15.2 Å². The molecule has 1 unspecified atom stereocenters. The van der Waals surface area contributed by atoms with Gasteiger partial charge in [0.05, 0.1) is 29.7 Å². The number of hydrogen-bond acceptors (Lipinski definition) is 7. The number of pyridine rings is 1. The number of hydrogen-bond donors (Lipinski definition) is 4. The molecule has 0 fully saturated rings. The monoisotopic (exact) mass is 255 g/mol. The molecule has 1 aromatic heterocycles. The maximum Gasteiger partial charge on any atom is 0.276 e. The first-order valence-corrected chi connectivity index (χ1v) is 5.48. The van der Waals surface area contributed by atoms with Crippen LogP contribution in [0.15, 0.2) is 12.1 Å². The van der Waals surface area contributed by atoms with Gasteiger partial charge in [0.1, 0.15) is 11.6 Å². The third kappa shape index (κ3) is 3.54. The molecule has 5 N–H and O–H groups in total. The van der Waals surface area contributed by atoms with E-state index < -0.39 is 4.92 Å². The highest BCUT2D eigenvalue weighted by molar-refractivity contribution is 5.54. The lowest BCUT2D eigenvalue weighted by Crippen LogP contribution is -2.30. The van der Waals surface area contributed by atoms with Crippen LogP contribution in [0.2, 0.25) is 0 Å². The standard InChI is InChI=1S/C10H17N5O3/c1-6(2)8(5-16)12-9-3-7(15(17)18)4-10(13-9)14-11/h3-4,6,8,16H,5,11H2,1-2H3,(H2,12,13,14). The Morgan fingerprint density at radius 2 is 2.11 bits per heavy atom. The predicted octanol–water partition coefficient (Wildman–Crippen LogP) is 0.704. The summed E-state index contributed by atoms with van der Waals surface area (Å²) in [5.74, 6) is 5.84. The topological polar surface area (TPSA) is 126 Å². The molecule has 1 rings (SSSR count). The van der Waals surface area contributed by atoms with Crippen LogP contribution in [-0.4, -0.2) is 27.7 Å². The van der Waals surface area contributed by atoms with Gasteiger partial charge in [-0.2, -0.15) is 0 Å². The average Bonchev–Trinajstić information content (AvgIpc) is 2.34. The first kappa shape index (κ1) is 14.1. The molecule has 0 saturated heterocycles. The van der Waals surface area contributed by atoms with Crippen molar-refractivity contribution in [3.63, 3.8) is 0 Å². The fourth-order valence-electron chi connectivity index (χ4n) is 1.38. The van der Waals surface area contributed by atoms with E-state index in [0.717, 1.165) is 0 Å². The van der Waals surface area contributed by atoms with Gasteiger partial charge in [-0.25, -0.2) is 10.8 Å². The normalized spacial score (nSPS) is 12.3. The molecule has 0 aliphatic carbocycles. The van der Waals surface area contributed by atoms with E-state index in [-0.39, 0.29) is 30.1 Å². The van der Waals surface area contributed by atoms with Crippen molar-refractivity contribution in [2.75, 3.05) is 17.3 Å². The lowest BCUT2D eigenvalue weighted by Gasteiger charge is -2.20. The van der Waals surface area contributed by atoms with Crippen LogP contribution in [0.4, 0.5) is 17.3 Å². The second kappa shape index (κ2) is 6.12. The lowest BCUT2D eigenvalue weighted by atomic mass is 10.1. The highest BCUT2D eigenvalue weighted by Crippen LogP contribution is 2.21. The summed E-state index contributed by atoms with van der Waals surface area (Å²) >= 11 is 0. The van der Waals surface area contributed by atoms with E-state index in [1.165, 1.54) is 12.1 Å². The highest BCUT2D eigenvalue weighted by Gasteiger charge is 2.16. The number of nitrogens with one attached hydrogen (secondary N) is 2. The third-order valence-electron chi connectivity index (χ3n) is 2.50. The van der Waals surface area contributed by atoms with Crippen molar-refractivity contribution in [3.8, 4) is 0 Å². The minimum Gasteiger partial charge on any atom is -0.394 e. The van der Waals surface area contributed by atoms with Crippen LogP contribution in [0.5, 0.6) is 0 Å². The Hall–Kier alpha value is -1.93. The summed E-state index contributed by atoms with van der Waals surface area (Å²) in [5, 5.41) is 22.9. The number of nitro groups is 1. The van der Waals surface area contributed by atoms with Crippen molar-refractivity contribution >= 4 is 17.3 Å². The lowest BCUT2D eigenvalue weighted by molar-refractivity contribution is -0.384. The van der Waals surface area contributed by atoms with E-state index in [2.05, 4.69) is 15.7 Å². The molecule has 1 aromatic rings. The van der Waals surface area contributed by atoms with Crippen molar-refractivity contribution in [2.24, 2.45) is 11.8 Å². The molecule has 0 radical (unpaired) electrons. The number of nitrogens with zero attached hydrogens (tertiary/aromatic N) is 2. The number of anilines is 2. The van der Waals surface area contributed by atoms with Crippen LogP contribution in [0.3, 0.4) is 0 Å². The summed E-state index contributed by atoms with van der Waals surface area (Å²) in [6.45, 7) is 3.76. The van der Waals surface area contributed by atoms with Crippen LogP contribution in [0, 0.1) is 16.0 Å². The zero-order valence-corrected chi connectivity index (χ0v) is 10.3. The molecule has 8 heteroatoms. The molecule has 0 aliphatic rings. The molecule has 0 aromatic carbocycles. The zero-order chi connectivity index (χ0) is 13.7. The Labute approximate surface area is 104 Å². The molecule has 0 amide bonds. The maximum absolute atomic E-state index is 10.7. The summed E-state index contributed by atoms with van der Waals surface area (Å²) < 4.78 is 0. The molecule has 1 atom stereocenters. The fraction of sp³-hybridized carbons (Fsp3) is 0.500. The summed E-state index contributed by atoms with van der Waals surface area (Å²) in [7, 11) is 0. The number of aromatic nitrogens is 1. The van der Waals surface area contributed by atoms with Crippen LogP contribution in [-0.2, 0) is 0 Å². The van der Waals surface area contributed by atoms with Gasteiger partial charge in [-0.1, -0.05) is 13.8 Å². The molecule has 18 heavy (non-hydrogen) atoms. The summed E-state index contributed by atoms with van der Waals surface area (Å²) in [6.07, 6.45) is 0. The maximum atomic E-state index is 10.7. The first-order chi connectivity index (χ1) is 8.47. The second-order valence-corrected chi connectivity index (χ2v) is 4.17. The smallest absolute Gasteiger partial charge is 0.276 e. The van der Waals surface area contributed by atoms with Gasteiger partial charge < -0.3 is 15.8 Å². The quantitative estimate of drug-likeness (QED) is 0.335. The molecule has 0 bridgehead atoms. The fourth-order valence-corrected chi connectivity index (χ4v) is 1.38.